The number of nitrogens with zero attached hydrogens (tertiary/aromatic N) is 4. The van der Waals surface area contributed by atoms with Gasteiger partial charge in [-0.3, -0.25) is 19.1 Å². The molecule has 0 aromatic carbocycles. The largest absolute Gasteiger partial charge is 0.501 e. The number of nitrogens with one attached hydrogen (secondary N) is 1. The summed E-state index contributed by atoms with van der Waals surface area (Å²) in [6.45, 7) is 5.68. The van der Waals surface area contributed by atoms with Gasteiger partial charge in [0.1, 0.15) is 23.4 Å². The van der Waals surface area contributed by atoms with E-state index in [0.29, 0.717) is 13.0 Å². The molecule has 3 rings (SSSR count). The molecule has 0 bridgehead atoms. The van der Waals surface area contributed by atoms with Crippen molar-refractivity contribution >= 4 is 17.7 Å². The number of likely N-dealkylation sites (tertiary alicyclic amines) is 1. The molecule has 1 unspecified atom stereocenters. The predicted octanol–water partition coefficient (Wildman–Crippen LogP) is 1.41. The van der Waals surface area contributed by atoms with Gasteiger partial charge in [-0.2, -0.15) is 0 Å². The highest BCUT2D eigenvalue weighted by Crippen LogP contribution is 2.33. The Bertz CT molecular complexity index is 960. The molecule has 1 aliphatic rings. The summed E-state index contributed by atoms with van der Waals surface area (Å²) >= 11 is 0. The van der Waals surface area contributed by atoms with Crippen LogP contribution in [0, 0.1) is 0 Å². The van der Waals surface area contributed by atoms with Crippen molar-refractivity contribution in [2.45, 2.75) is 38.8 Å². The molecule has 1 saturated heterocycles. The van der Waals surface area contributed by atoms with Crippen LogP contribution >= 0.6 is 0 Å². The molecule has 28 heavy (non-hydrogen) atoms. The maximum Gasteiger partial charge on any atom is 0.410 e. The van der Waals surface area contributed by atoms with Gasteiger partial charge in [0.2, 0.25) is 5.75 Å². The van der Waals surface area contributed by atoms with Crippen LogP contribution in [0.1, 0.15) is 49.5 Å². The van der Waals surface area contributed by atoms with E-state index < -0.39 is 40.6 Å². The van der Waals surface area contributed by atoms with E-state index in [4.69, 9.17) is 4.74 Å². The van der Waals surface area contributed by atoms with Crippen LogP contribution in [0.2, 0.25) is 0 Å². The minimum atomic E-state index is -0.803. The topological polar surface area (TPSA) is 140 Å². The number of carbonyl (C=O) groups is 2. The van der Waals surface area contributed by atoms with Gasteiger partial charge >= 0.3 is 6.09 Å². The number of aromatic nitrogens is 3. The molecule has 0 saturated carbocycles. The van der Waals surface area contributed by atoms with Gasteiger partial charge in [-0.05, 0) is 27.2 Å². The zero-order chi connectivity index (χ0) is 20.6. The summed E-state index contributed by atoms with van der Waals surface area (Å²) in [4.78, 5) is 42.8. The number of hydrogen-bond acceptors (Lipinski definition) is 8. The van der Waals surface area contributed by atoms with Crippen molar-refractivity contribution in [1.82, 2.24) is 19.6 Å². The highest BCUT2D eigenvalue weighted by Gasteiger charge is 2.39. The molecule has 11 heteroatoms. The summed E-state index contributed by atoms with van der Waals surface area (Å²) in [6, 6.07) is -0.546. The molecule has 11 nitrogen and oxygen atoms in total. The summed E-state index contributed by atoms with van der Waals surface area (Å²) in [5.41, 5.74) is -1.67. The maximum atomic E-state index is 12.4. The molecule has 3 heterocycles. The number of hydrogen-bond donors (Lipinski definition) is 2. The van der Waals surface area contributed by atoms with Crippen LogP contribution in [0.5, 0.6) is 5.75 Å². The average Bonchev–Trinajstić information content (AvgIpc) is 3.05. The fourth-order valence-corrected chi connectivity index (χ4v) is 2.71. The lowest BCUT2D eigenvalue weighted by molar-refractivity contribution is -0.00815. The van der Waals surface area contributed by atoms with Crippen molar-refractivity contribution < 1.29 is 24.0 Å². The third-order valence-corrected chi connectivity index (χ3v) is 4.15. The van der Waals surface area contributed by atoms with Gasteiger partial charge in [0.05, 0.1) is 12.2 Å². The van der Waals surface area contributed by atoms with Crippen molar-refractivity contribution in [3.05, 3.63) is 34.3 Å². The first-order chi connectivity index (χ1) is 13.1. The fraction of sp³-hybridized carbons (Fsp3) is 0.471. The Labute approximate surface area is 159 Å². The van der Waals surface area contributed by atoms with Crippen LogP contribution in [0.3, 0.4) is 0 Å². The van der Waals surface area contributed by atoms with Crippen LogP contribution in [0.15, 0.2) is 21.8 Å². The number of ether oxygens (including phenoxy) is 1. The SMILES string of the molecule is Cn1c(C2CCN2C(=O)OC(C)(C)C)nc(C(=O)Nc2cnoc2)c(O)c1=O. The number of amides is 2. The monoisotopic (exact) mass is 391 g/mol. The molecule has 2 N–H and O–H groups in total. The van der Waals surface area contributed by atoms with Crippen LogP contribution in [0.4, 0.5) is 10.5 Å². The molecule has 150 valence electrons. The first-order valence-corrected chi connectivity index (χ1v) is 8.58. The van der Waals surface area contributed by atoms with E-state index in [0.717, 1.165) is 4.57 Å². The van der Waals surface area contributed by atoms with E-state index in [1.54, 1.807) is 20.8 Å². The Balaban J connectivity index is 1.91. The lowest BCUT2D eigenvalue weighted by atomic mass is 10.0. The Morgan fingerprint density at radius 2 is 2.11 bits per heavy atom. The molecule has 1 atom stereocenters. The standard InChI is InChI=1S/C17H21N5O6/c1-17(2,3)28-16(26)22-6-5-10(22)13-20-11(12(23)15(25)21(13)4)14(24)19-9-7-18-27-8-9/h7-8,10,23H,5-6H2,1-4H3,(H,19,24). The molecule has 2 aromatic heterocycles. The van der Waals surface area contributed by atoms with Gasteiger partial charge in [-0.1, -0.05) is 5.16 Å². The third-order valence-electron chi connectivity index (χ3n) is 4.15. The first-order valence-electron chi connectivity index (χ1n) is 8.58. The van der Waals surface area contributed by atoms with Crippen molar-refractivity contribution in [2.75, 3.05) is 11.9 Å². The molecule has 2 aromatic rings. The first kappa shape index (κ1) is 19.4. The van der Waals surface area contributed by atoms with Crippen molar-refractivity contribution in [2.24, 2.45) is 7.05 Å². The summed E-state index contributed by atoms with van der Waals surface area (Å²) in [5, 5.41) is 16.0. The summed E-state index contributed by atoms with van der Waals surface area (Å²) in [7, 11) is 1.41. The zero-order valence-electron chi connectivity index (χ0n) is 15.9. The van der Waals surface area contributed by atoms with E-state index in [1.807, 2.05) is 0 Å². The fourth-order valence-electron chi connectivity index (χ4n) is 2.71. The van der Waals surface area contributed by atoms with Crippen LogP contribution in [-0.4, -0.2) is 48.9 Å². The summed E-state index contributed by atoms with van der Waals surface area (Å²) in [5.74, 6) is -1.42. The lowest BCUT2D eigenvalue weighted by Crippen LogP contribution is -2.49. The second-order valence-electron chi connectivity index (χ2n) is 7.38. The van der Waals surface area contributed by atoms with Gasteiger partial charge in [0.25, 0.3) is 11.5 Å². The van der Waals surface area contributed by atoms with Crippen LogP contribution < -0.4 is 10.9 Å². The third kappa shape index (κ3) is 3.68. The second kappa shape index (κ2) is 6.98. The smallest absolute Gasteiger partial charge is 0.410 e. The minimum absolute atomic E-state index is 0.176. The molecule has 1 fully saturated rings. The quantitative estimate of drug-likeness (QED) is 0.800. The Morgan fingerprint density at radius 1 is 1.39 bits per heavy atom. The molecular weight excluding hydrogens is 370 g/mol. The van der Waals surface area contributed by atoms with Crippen molar-refractivity contribution in [3.63, 3.8) is 0 Å². The van der Waals surface area contributed by atoms with E-state index >= 15 is 0 Å². The number of rotatable bonds is 3. The second-order valence-corrected chi connectivity index (χ2v) is 7.38. The minimum Gasteiger partial charge on any atom is -0.501 e. The summed E-state index contributed by atoms with van der Waals surface area (Å²) in [6.07, 6.45) is 2.44. The van der Waals surface area contributed by atoms with E-state index in [-0.39, 0.29) is 11.5 Å². The maximum absolute atomic E-state index is 12.4. The normalized spacial score (nSPS) is 16.4. The van der Waals surface area contributed by atoms with Crippen molar-refractivity contribution in [3.8, 4) is 5.75 Å². The van der Waals surface area contributed by atoms with Gasteiger partial charge in [0.15, 0.2) is 5.69 Å². The van der Waals surface area contributed by atoms with Crippen LogP contribution in [-0.2, 0) is 11.8 Å². The number of anilines is 1. The van der Waals surface area contributed by atoms with E-state index in [1.165, 1.54) is 24.4 Å². The van der Waals surface area contributed by atoms with E-state index in [9.17, 15) is 19.5 Å². The van der Waals surface area contributed by atoms with E-state index in [2.05, 4.69) is 20.0 Å². The van der Waals surface area contributed by atoms with Crippen LogP contribution in [0.25, 0.3) is 0 Å². The highest BCUT2D eigenvalue weighted by atomic mass is 16.6. The zero-order valence-corrected chi connectivity index (χ0v) is 15.9. The van der Waals surface area contributed by atoms with Gasteiger partial charge in [-0.25, -0.2) is 9.78 Å². The molecule has 0 radical (unpaired) electrons. The average molecular weight is 391 g/mol. The van der Waals surface area contributed by atoms with Gasteiger partial charge < -0.3 is 19.7 Å². The molecule has 1 aliphatic heterocycles. The Kier molecular flexibility index (Phi) is 4.84. The van der Waals surface area contributed by atoms with Gasteiger partial charge in [0, 0.05) is 13.6 Å². The van der Waals surface area contributed by atoms with Gasteiger partial charge in [-0.15, -0.1) is 0 Å². The Hall–Kier alpha value is -3.37. The highest BCUT2D eigenvalue weighted by molar-refractivity contribution is 6.04. The molecule has 2 amide bonds. The number of carbonyl (C=O) groups excluding carboxylic acids is 2. The lowest BCUT2D eigenvalue weighted by Gasteiger charge is -2.41. The molecule has 0 aliphatic carbocycles. The number of aromatic hydroxyl groups is 1. The molecule has 0 spiro atoms. The molecular formula is C17H21N5O6. The predicted molar refractivity (Wildman–Crippen MR) is 95.9 cm³/mol. The van der Waals surface area contributed by atoms with Crippen molar-refractivity contribution in [1.29, 1.82) is 0 Å². The Morgan fingerprint density at radius 3 is 2.64 bits per heavy atom. The summed E-state index contributed by atoms with van der Waals surface area (Å²) < 4.78 is 11.1.